The lowest BCUT2D eigenvalue weighted by atomic mass is 9.72. The number of rotatable bonds is 13. The normalized spacial score (nSPS) is 18.1. The van der Waals surface area contributed by atoms with Gasteiger partial charge >= 0.3 is 6.18 Å². The Hall–Kier alpha value is -6.22. The molecular formula is C47H50ClF3N8O8S. The van der Waals surface area contributed by atoms with Crippen molar-refractivity contribution in [3.05, 3.63) is 117 Å². The van der Waals surface area contributed by atoms with E-state index in [-0.39, 0.29) is 52.2 Å². The van der Waals surface area contributed by atoms with Crippen LogP contribution in [0.15, 0.2) is 89.6 Å². The highest BCUT2D eigenvalue weighted by atomic mass is 35.5. The number of nitro benzene ring substituents is 1. The number of aromatic amines is 1. The van der Waals surface area contributed by atoms with Gasteiger partial charge in [0.1, 0.15) is 22.8 Å². The highest BCUT2D eigenvalue weighted by Gasteiger charge is 2.34. The number of sulfonamides is 1. The summed E-state index contributed by atoms with van der Waals surface area (Å²) in [6, 6.07) is 15.1. The number of ether oxygens (including phenoxy) is 2. The minimum Gasteiger partial charge on any atom is -0.455 e. The number of nitrogens with one attached hydrogen (secondary N) is 3. The number of fused-ring (bicyclic) bond motifs is 1. The second kappa shape index (κ2) is 19.4. The van der Waals surface area contributed by atoms with Crippen molar-refractivity contribution in [2.45, 2.75) is 57.2 Å². The number of halogens is 4. The molecule has 0 spiro atoms. The molecule has 68 heavy (non-hydrogen) atoms. The van der Waals surface area contributed by atoms with Crippen LogP contribution in [0, 0.1) is 15.5 Å². The smallest absolute Gasteiger partial charge is 0.416 e. The number of carbonyl (C=O) groups is 2. The molecule has 8 rings (SSSR count). The number of alkyl halides is 3. The molecule has 0 saturated carbocycles. The van der Waals surface area contributed by atoms with Crippen molar-refractivity contribution in [2.24, 2.45) is 5.41 Å². The van der Waals surface area contributed by atoms with Gasteiger partial charge in [0.2, 0.25) is 5.91 Å². The summed E-state index contributed by atoms with van der Waals surface area (Å²) in [6.07, 6.45) is 0.586. The van der Waals surface area contributed by atoms with E-state index in [0.717, 1.165) is 53.6 Å². The Kier molecular flexibility index (Phi) is 13.8. The topological polar surface area (TPSA) is 192 Å². The van der Waals surface area contributed by atoms with Crippen LogP contribution in [0.2, 0.25) is 5.02 Å². The third-order valence-corrected chi connectivity index (χ3v) is 14.2. The number of carbonyl (C=O) groups excluding carboxylic acids is 2. The fourth-order valence-corrected chi connectivity index (χ4v) is 10.1. The first-order valence-corrected chi connectivity index (χ1v) is 23.9. The average Bonchev–Trinajstić information content (AvgIpc) is 3.77. The molecule has 2 aliphatic heterocycles. The fraction of sp³-hybridized carbons (Fsp3) is 0.383. The summed E-state index contributed by atoms with van der Waals surface area (Å²) >= 11 is 6.53. The van der Waals surface area contributed by atoms with Gasteiger partial charge in [0.05, 0.1) is 39.9 Å². The first-order chi connectivity index (χ1) is 32.2. The lowest BCUT2D eigenvalue weighted by Gasteiger charge is -2.39. The van der Waals surface area contributed by atoms with Crippen molar-refractivity contribution < 1.29 is 45.6 Å². The van der Waals surface area contributed by atoms with E-state index >= 15 is 0 Å². The molecular weight excluding hydrogens is 929 g/mol. The summed E-state index contributed by atoms with van der Waals surface area (Å²) < 4.78 is 82.0. The number of morpholine rings is 1. The van der Waals surface area contributed by atoms with Crippen LogP contribution >= 0.6 is 11.6 Å². The summed E-state index contributed by atoms with van der Waals surface area (Å²) in [4.78, 5) is 50.1. The number of allylic oxidation sites excluding steroid dienone is 1. The van der Waals surface area contributed by atoms with E-state index < -0.39 is 49.3 Å². The lowest BCUT2D eigenvalue weighted by molar-refractivity contribution is -0.384. The average molecular weight is 979 g/mol. The molecule has 16 nitrogen and oxygen atoms in total. The van der Waals surface area contributed by atoms with Crippen LogP contribution in [0.1, 0.15) is 61.5 Å². The Morgan fingerprint density at radius 2 is 1.82 bits per heavy atom. The minimum absolute atomic E-state index is 0.0202. The zero-order chi connectivity index (χ0) is 48.5. The van der Waals surface area contributed by atoms with E-state index in [1.54, 1.807) is 35.4 Å². The molecule has 2 saturated heterocycles. The van der Waals surface area contributed by atoms with E-state index in [1.807, 2.05) is 0 Å². The molecule has 4 heterocycles. The lowest BCUT2D eigenvalue weighted by Crippen LogP contribution is -2.47. The van der Waals surface area contributed by atoms with Gasteiger partial charge in [0.25, 0.3) is 21.6 Å². The van der Waals surface area contributed by atoms with Crippen molar-refractivity contribution in [3.8, 4) is 11.5 Å². The molecule has 1 unspecified atom stereocenters. The van der Waals surface area contributed by atoms with Crippen LogP contribution in [-0.2, 0) is 25.7 Å². The summed E-state index contributed by atoms with van der Waals surface area (Å²) in [6.45, 7) is 9.88. The van der Waals surface area contributed by atoms with Gasteiger partial charge in [0.15, 0.2) is 0 Å². The number of hydrogen-bond donors (Lipinski definition) is 3. The predicted molar refractivity (Wildman–Crippen MR) is 251 cm³/mol. The SMILES string of the molecule is CC(=O)N1CCOC(CNc2ccc(S(=O)(=O)NC(=O)c3ccc(N4CCN(CC5=C(c6ccc(C(F)(F)F)cc6Cl)CC(C)(C)CC5)CC4)cc3Oc3cnc4[nH]ccc4c3)cc2[N+](=O)[O-])C1. The van der Waals surface area contributed by atoms with Gasteiger partial charge in [-0.1, -0.05) is 37.1 Å². The summed E-state index contributed by atoms with van der Waals surface area (Å²) in [5.74, 6) is -0.870. The van der Waals surface area contributed by atoms with Gasteiger partial charge < -0.3 is 29.6 Å². The molecule has 1 atom stereocenters. The number of hydrogen-bond acceptors (Lipinski definition) is 12. The van der Waals surface area contributed by atoms with Gasteiger partial charge in [-0.3, -0.25) is 24.6 Å². The van der Waals surface area contributed by atoms with Crippen molar-refractivity contribution >= 4 is 67.1 Å². The third-order valence-electron chi connectivity index (χ3n) is 12.6. The maximum Gasteiger partial charge on any atom is 0.416 e. The summed E-state index contributed by atoms with van der Waals surface area (Å²) in [5, 5.41) is 15.9. The van der Waals surface area contributed by atoms with E-state index in [4.69, 9.17) is 21.1 Å². The highest BCUT2D eigenvalue weighted by molar-refractivity contribution is 7.90. The number of nitrogens with zero attached hydrogens (tertiary/aromatic N) is 5. The summed E-state index contributed by atoms with van der Waals surface area (Å²) in [5.41, 5.74) is 2.52. The van der Waals surface area contributed by atoms with Gasteiger partial charge in [-0.15, -0.1) is 0 Å². The van der Waals surface area contributed by atoms with Gasteiger partial charge in [0, 0.05) is 93.7 Å². The number of pyridine rings is 1. The van der Waals surface area contributed by atoms with Crippen molar-refractivity contribution in [3.63, 3.8) is 0 Å². The number of benzene rings is 3. The monoisotopic (exact) mass is 978 g/mol. The highest BCUT2D eigenvalue weighted by Crippen LogP contribution is 2.46. The first-order valence-electron chi connectivity index (χ1n) is 22.0. The zero-order valence-electron chi connectivity index (χ0n) is 37.5. The quantitative estimate of drug-likeness (QED) is 0.0754. The predicted octanol–water partition coefficient (Wildman–Crippen LogP) is 8.50. The Bertz CT molecular complexity index is 2900. The van der Waals surface area contributed by atoms with Gasteiger partial charge in [-0.05, 0) is 84.3 Å². The van der Waals surface area contributed by atoms with Crippen LogP contribution < -0.4 is 19.7 Å². The first kappa shape index (κ1) is 48.2. The Labute approximate surface area is 395 Å². The van der Waals surface area contributed by atoms with Crippen LogP contribution in [-0.4, -0.2) is 110 Å². The number of nitro groups is 1. The number of aromatic nitrogens is 2. The molecule has 1 aliphatic carbocycles. The van der Waals surface area contributed by atoms with Crippen molar-refractivity contribution in [1.82, 2.24) is 24.5 Å². The third kappa shape index (κ3) is 11.0. The number of amides is 2. The maximum atomic E-state index is 14.0. The van der Waals surface area contributed by atoms with E-state index in [9.17, 15) is 41.3 Å². The molecule has 360 valence electrons. The largest absolute Gasteiger partial charge is 0.455 e. The van der Waals surface area contributed by atoms with Gasteiger partial charge in [-0.25, -0.2) is 18.1 Å². The molecule has 0 bridgehead atoms. The van der Waals surface area contributed by atoms with Crippen molar-refractivity contribution in [2.75, 3.05) is 69.2 Å². The number of anilines is 2. The van der Waals surface area contributed by atoms with Crippen LogP contribution in [0.5, 0.6) is 11.5 Å². The standard InChI is InChI=1S/C47H50ClF3N8O8S/c1-29(60)58-18-19-66-35(28-58)26-53-41-9-6-36(23-42(41)59(62)63)68(64,65)55-45(61)38-8-5-33(22-43(38)67-34-20-30-11-13-52-44(30)54-25-34)57-16-14-56(15-17-57)27-31-10-12-46(2,3)24-39(31)37-7-4-32(21-40(37)48)47(49,50)51/h4-9,11,13,20-23,25,35,53H,10,12,14-19,24,26-28H2,1-3H3,(H,52,54)(H,55,61). The van der Waals surface area contributed by atoms with Crippen LogP contribution in [0.3, 0.4) is 0 Å². The second-order valence-corrected chi connectivity index (χ2v) is 20.0. The molecule has 2 aromatic heterocycles. The molecule has 3 aliphatic rings. The summed E-state index contributed by atoms with van der Waals surface area (Å²) in [7, 11) is -4.68. The maximum absolute atomic E-state index is 14.0. The molecule has 2 amide bonds. The number of piperazine rings is 1. The molecule has 5 aromatic rings. The van der Waals surface area contributed by atoms with Crippen molar-refractivity contribution in [1.29, 1.82) is 0 Å². The zero-order valence-corrected chi connectivity index (χ0v) is 39.1. The second-order valence-electron chi connectivity index (χ2n) is 18.0. The Balaban J connectivity index is 0.997. The molecule has 2 fully saturated rings. The minimum atomic E-state index is -4.68. The van der Waals surface area contributed by atoms with Crippen LogP contribution in [0.25, 0.3) is 16.6 Å². The molecule has 3 aromatic carbocycles. The molecule has 21 heteroatoms. The molecule has 0 radical (unpaired) electrons. The Morgan fingerprint density at radius 1 is 1.04 bits per heavy atom. The molecule has 3 N–H and O–H groups in total. The van der Waals surface area contributed by atoms with E-state index in [1.165, 1.54) is 31.3 Å². The fourth-order valence-electron chi connectivity index (χ4n) is 8.81. The van der Waals surface area contributed by atoms with E-state index in [0.29, 0.717) is 69.2 Å². The van der Waals surface area contributed by atoms with E-state index in [2.05, 4.69) is 43.7 Å². The van der Waals surface area contributed by atoms with Crippen LogP contribution in [0.4, 0.5) is 30.2 Å². The van der Waals surface area contributed by atoms with Gasteiger partial charge in [-0.2, -0.15) is 13.2 Å². The Morgan fingerprint density at radius 3 is 2.54 bits per heavy atom. The number of H-pyrrole nitrogens is 1.